The molecule has 1 unspecified atom stereocenters. The van der Waals surface area contributed by atoms with Gasteiger partial charge < -0.3 is 14.2 Å². The Morgan fingerprint density at radius 2 is 2.00 bits per heavy atom. The minimum atomic E-state index is -3.68. The second kappa shape index (κ2) is 10.9. The molecule has 1 aromatic carbocycles. The van der Waals surface area contributed by atoms with Crippen LogP contribution in [0.2, 0.25) is 0 Å². The van der Waals surface area contributed by atoms with E-state index in [1.54, 1.807) is 6.92 Å². The monoisotopic (exact) mass is 467 g/mol. The van der Waals surface area contributed by atoms with E-state index in [-0.39, 0.29) is 18.3 Å². The molecule has 0 radical (unpaired) electrons. The average Bonchev–Trinajstić information content (AvgIpc) is 2.76. The molecule has 0 spiro atoms. The van der Waals surface area contributed by atoms with E-state index in [2.05, 4.69) is 9.71 Å². The smallest absolute Gasteiger partial charge is 0.330 e. The minimum Gasteiger partial charge on any atom is -0.490 e. The fourth-order valence-electron chi connectivity index (χ4n) is 3.52. The van der Waals surface area contributed by atoms with Crippen LogP contribution in [0.3, 0.4) is 0 Å². The number of methoxy groups -OCH3 is 1. The van der Waals surface area contributed by atoms with Gasteiger partial charge in [-0.2, -0.15) is 0 Å². The topological polar surface area (TPSA) is 129 Å². The summed E-state index contributed by atoms with van der Waals surface area (Å²) in [6.07, 6.45) is 2.21. The molecule has 2 atom stereocenters. The molecule has 2 N–H and O–H groups in total. The number of sulfonamides is 1. The number of aromatic amines is 1. The Morgan fingerprint density at radius 1 is 1.25 bits per heavy atom. The van der Waals surface area contributed by atoms with Gasteiger partial charge in [0.1, 0.15) is 18.1 Å². The first-order chi connectivity index (χ1) is 15.3. The molecule has 10 nitrogen and oxygen atoms in total. The third kappa shape index (κ3) is 6.76. The summed E-state index contributed by atoms with van der Waals surface area (Å²) in [4.78, 5) is 25.3. The zero-order valence-corrected chi connectivity index (χ0v) is 19.0. The van der Waals surface area contributed by atoms with Crippen molar-refractivity contribution in [3.8, 4) is 5.75 Å². The molecular weight excluding hydrogens is 438 g/mol. The van der Waals surface area contributed by atoms with Crippen LogP contribution in [0.25, 0.3) is 0 Å². The molecule has 1 aliphatic rings. The van der Waals surface area contributed by atoms with E-state index in [4.69, 9.17) is 14.2 Å². The number of hydrogen-bond acceptors (Lipinski definition) is 7. The van der Waals surface area contributed by atoms with Crippen LogP contribution in [0.5, 0.6) is 5.75 Å². The quantitative estimate of drug-likeness (QED) is 0.539. The highest BCUT2D eigenvalue weighted by Gasteiger charge is 2.21. The van der Waals surface area contributed by atoms with E-state index >= 15 is 0 Å². The third-order valence-corrected chi connectivity index (χ3v) is 6.74. The first-order valence-electron chi connectivity index (χ1n) is 10.5. The zero-order valence-electron chi connectivity index (χ0n) is 18.2. The molecule has 1 saturated heterocycles. The number of ether oxygens (including phenoxy) is 3. The molecule has 2 heterocycles. The Balaban J connectivity index is 1.61. The van der Waals surface area contributed by atoms with E-state index in [0.717, 1.165) is 23.0 Å². The molecule has 1 fully saturated rings. The molecule has 0 bridgehead atoms. The first kappa shape index (κ1) is 24.2. The summed E-state index contributed by atoms with van der Waals surface area (Å²) < 4.78 is 45.7. The predicted molar refractivity (Wildman–Crippen MR) is 118 cm³/mol. The van der Waals surface area contributed by atoms with Gasteiger partial charge in [0.05, 0.1) is 19.0 Å². The van der Waals surface area contributed by atoms with E-state index in [0.29, 0.717) is 19.0 Å². The number of nitrogens with one attached hydrogen (secondary N) is 2. The van der Waals surface area contributed by atoms with Crippen molar-refractivity contribution in [1.29, 1.82) is 0 Å². The maximum atomic E-state index is 12.6. The standard InChI is InChI=1S/C21H29N3O7S/c1-15(16-4-3-5-18(14-16)31-17-7-11-30-12-8-17)23-32(27,28)13-9-20(29-2)24-10-6-19(25)22-21(24)26/h3-6,10,14-15,17,20,23H,7-9,11-13H2,1-2H3,(H,22,25,26)/t15?,20-/m1/s1. The fourth-order valence-corrected chi connectivity index (χ4v) is 4.82. The molecule has 1 aromatic heterocycles. The van der Waals surface area contributed by atoms with Gasteiger partial charge in [-0.15, -0.1) is 0 Å². The second-order valence-electron chi connectivity index (χ2n) is 7.66. The van der Waals surface area contributed by atoms with Gasteiger partial charge in [0, 0.05) is 44.7 Å². The van der Waals surface area contributed by atoms with Crippen molar-refractivity contribution in [2.24, 2.45) is 0 Å². The number of benzene rings is 1. The lowest BCUT2D eigenvalue weighted by Gasteiger charge is -2.24. The second-order valence-corrected chi connectivity index (χ2v) is 9.53. The maximum absolute atomic E-state index is 12.6. The summed E-state index contributed by atoms with van der Waals surface area (Å²) in [7, 11) is -2.31. The summed E-state index contributed by atoms with van der Waals surface area (Å²) in [6.45, 7) is 3.10. The minimum absolute atomic E-state index is 0.0252. The number of rotatable bonds is 10. The van der Waals surface area contributed by atoms with Crippen molar-refractivity contribution in [2.75, 3.05) is 26.1 Å². The molecule has 0 amide bonds. The molecule has 1 aliphatic heterocycles. The van der Waals surface area contributed by atoms with Crippen LogP contribution in [-0.4, -0.2) is 50.1 Å². The summed E-state index contributed by atoms with van der Waals surface area (Å²) >= 11 is 0. The van der Waals surface area contributed by atoms with Gasteiger partial charge in [0.25, 0.3) is 5.56 Å². The molecule has 0 aliphatic carbocycles. The highest BCUT2D eigenvalue weighted by molar-refractivity contribution is 7.89. The fraction of sp³-hybridized carbons (Fsp3) is 0.524. The van der Waals surface area contributed by atoms with Gasteiger partial charge in [-0.3, -0.25) is 14.3 Å². The van der Waals surface area contributed by atoms with E-state index in [9.17, 15) is 18.0 Å². The Hall–Kier alpha value is -2.47. The van der Waals surface area contributed by atoms with Crippen molar-refractivity contribution >= 4 is 10.0 Å². The lowest BCUT2D eigenvalue weighted by molar-refractivity contribution is 0.0255. The van der Waals surface area contributed by atoms with Gasteiger partial charge in [0.2, 0.25) is 10.0 Å². The number of hydrogen-bond donors (Lipinski definition) is 2. The normalized spacial score (nSPS) is 17.1. The summed E-state index contributed by atoms with van der Waals surface area (Å²) in [6, 6.07) is 8.05. The summed E-state index contributed by atoms with van der Waals surface area (Å²) in [5.74, 6) is 0.428. The molecule has 0 saturated carbocycles. The summed E-state index contributed by atoms with van der Waals surface area (Å²) in [5, 5.41) is 0. The highest BCUT2D eigenvalue weighted by Crippen LogP contribution is 2.23. The lowest BCUT2D eigenvalue weighted by atomic mass is 10.1. The number of aromatic nitrogens is 2. The molecule has 2 aromatic rings. The van der Waals surface area contributed by atoms with Crippen LogP contribution in [0.1, 0.15) is 44.0 Å². The van der Waals surface area contributed by atoms with Crippen LogP contribution in [-0.2, 0) is 19.5 Å². The van der Waals surface area contributed by atoms with Crippen LogP contribution in [0, 0.1) is 0 Å². The molecule has 32 heavy (non-hydrogen) atoms. The lowest BCUT2D eigenvalue weighted by Crippen LogP contribution is -2.34. The van der Waals surface area contributed by atoms with Crippen LogP contribution in [0.15, 0.2) is 46.1 Å². The van der Waals surface area contributed by atoms with E-state index in [1.807, 2.05) is 24.3 Å². The number of H-pyrrole nitrogens is 1. The summed E-state index contributed by atoms with van der Waals surface area (Å²) in [5.41, 5.74) is -0.421. The SMILES string of the molecule is CO[C@H](CCS(=O)(=O)NC(C)c1cccc(OC2CCOCC2)c1)n1ccc(=O)[nH]c1=O. The van der Waals surface area contributed by atoms with Gasteiger partial charge >= 0.3 is 5.69 Å². The van der Waals surface area contributed by atoms with Crippen molar-refractivity contribution in [3.63, 3.8) is 0 Å². The van der Waals surface area contributed by atoms with Gasteiger partial charge in [0.15, 0.2) is 0 Å². The Bertz CT molecular complexity index is 1110. The molecule has 3 rings (SSSR count). The largest absolute Gasteiger partial charge is 0.490 e. The van der Waals surface area contributed by atoms with E-state index < -0.39 is 33.5 Å². The Morgan fingerprint density at radius 3 is 2.69 bits per heavy atom. The Kier molecular flexibility index (Phi) is 8.24. The zero-order chi connectivity index (χ0) is 23.1. The first-order valence-corrected chi connectivity index (χ1v) is 12.1. The van der Waals surface area contributed by atoms with Crippen LogP contribution < -0.4 is 20.7 Å². The Labute approximate surface area is 186 Å². The van der Waals surface area contributed by atoms with Crippen molar-refractivity contribution in [1.82, 2.24) is 14.3 Å². The van der Waals surface area contributed by atoms with Gasteiger partial charge in [-0.1, -0.05) is 12.1 Å². The maximum Gasteiger partial charge on any atom is 0.330 e. The van der Waals surface area contributed by atoms with Gasteiger partial charge in [-0.05, 0) is 24.6 Å². The van der Waals surface area contributed by atoms with Crippen LogP contribution >= 0.6 is 0 Å². The van der Waals surface area contributed by atoms with E-state index in [1.165, 1.54) is 19.4 Å². The van der Waals surface area contributed by atoms with Crippen molar-refractivity contribution in [2.45, 2.75) is 44.6 Å². The predicted octanol–water partition coefficient (Wildman–Crippen LogP) is 1.31. The van der Waals surface area contributed by atoms with Gasteiger partial charge in [-0.25, -0.2) is 17.9 Å². The molecular formula is C21H29N3O7S. The molecule has 11 heteroatoms. The number of nitrogens with zero attached hydrogens (tertiary/aromatic N) is 1. The van der Waals surface area contributed by atoms with Crippen molar-refractivity contribution < 1.29 is 22.6 Å². The van der Waals surface area contributed by atoms with Crippen LogP contribution in [0.4, 0.5) is 0 Å². The molecule has 176 valence electrons. The third-order valence-electron chi connectivity index (χ3n) is 5.25. The average molecular weight is 468 g/mol. The van der Waals surface area contributed by atoms with Crippen molar-refractivity contribution in [3.05, 3.63) is 62.9 Å². The highest BCUT2D eigenvalue weighted by atomic mass is 32.2.